The summed E-state index contributed by atoms with van der Waals surface area (Å²) in [5, 5.41) is 9.38. The van der Waals surface area contributed by atoms with E-state index in [2.05, 4.69) is 9.80 Å². The van der Waals surface area contributed by atoms with Crippen LogP contribution in [0.5, 0.6) is 0 Å². The SMILES string of the molecule is OCC[C@H]1CN(Cc2c(F)cccc2F)CCN1C1CCCC1. The van der Waals surface area contributed by atoms with Crippen LogP contribution in [0.2, 0.25) is 0 Å². The fraction of sp³-hybridized carbons (Fsp3) is 0.667. The van der Waals surface area contributed by atoms with E-state index in [1.165, 1.54) is 43.9 Å². The largest absolute Gasteiger partial charge is 0.396 e. The summed E-state index contributed by atoms with van der Waals surface area (Å²) in [5.74, 6) is -0.941. The predicted molar refractivity (Wildman–Crippen MR) is 86.1 cm³/mol. The van der Waals surface area contributed by atoms with Crippen LogP contribution in [0.4, 0.5) is 8.78 Å². The molecule has 1 N–H and O–H groups in total. The number of aliphatic hydroxyl groups is 1. The molecule has 1 heterocycles. The van der Waals surface area contributed by atoms with Crippen molar-refractivity contribution in [3.63, 3.8) is 0 Å². The number of rotatable bonds is 5. The fourth-order valence-corrected chi connectivity index (χ4v) is 4.11. The zero-order valence-corrected chi connectivity index (χ0v) is 13.6. The maximum atomic E-state index is 13.9. The first kappa shape index (κ1) is 16.8. The van der Waals surface area contributed by atoms with Gasteiger partial charge in [0.05, 0.1) is 0 Å². The standard InChI is InChI=1S/C18H26F2N2O/c19-17-6-3-7-18(20)16(17)13-21-9-10-22(14-4-1-2-5-14)15(12-21)8-11-23/h3,6-7,14-15,23H,1-2,4-5,8-13H2/t15-/m0/s1. The first-order chi connectivity index (χ1) is 11.2. The third kappa shape index (κ3) is 3.90. The summed E-state index contributed by atoms with van der Waals surface area (Å²) in [6, 6.07) is 4.95. The van der Waals surface area contributed by atoms with Crippen LogP contribution in [-0.4, -0.2) is 53.2 Å². The summed E-state index contributed by atoms with van der Waals surface area (Å²) in [5.41, 5.74) is 0.157. The maximum absolute atomic E-state index is 13.9. The Bertz CT molecular complexity index is 499. The first-order valence-corrected chi connectivity index (χ1v) is 8.71. The molecule has 0 aromatic heterocycles. The van der Waals surface area contributed by atoms with E-state index in [0.717, 1.165) is 26.1 Å². The lowest BCUT2D eigenvalue weighted by Crippen LogP contribution is -2.56. The van der Waals surface area contributed by atoms with Crippen LogP contribution in [0.15, 0.2) is 18.2 Å². The van der Waals surface area contributed by atoms with Gasteiger partial charge >= 0.3 is 0 Å². The second-order valence-corrected chi connectivity index (χ2v) is 6.78. The van der Waals surface area contributed by atoms with Gasteiger partial charge in [-0.05, 0) is 31.4 Å². The Morgan fingerprint density at radius 3 is 2.43 bits per heavy atom. The van der Waals surface area contributed by atoms with Gasteiger partial charge in [0.15, 0.2) is 0 Å². The average molecular weight is 324 g/mol. The molecule has 1 aromatic rings. The van der Waals surface area contributed by atoms with E-state index in [9.17, 15) is 13.9 Å². The Morgan fingerprint density at radius 1 is 1.09 bits per heavy atom. The van der Waals surface area contributed by atoms with Gasteiger partial charge in [-0.2, -0.15) is 0 Å². The molecule has 1 aliphatic heterocycles. The van der Waals surface area contributed by atoms with Crippen molar-refractivity contribution >= 4 is 0 Å². The molecule has 3 rings (SSSR count). The molecule has 2 fully saturated rings. The molecule has 3 nitrogen and oxygen atoms in total. The Hall–Kier alpha value is -1.04. The molecule has 2 aliphatic rings. The Morgan fingerprint density at radius 2 is 1.78 bits per heavy atom. The van der Waals surface area contributed by atoms with Gasteiger partial charge in [-0.3, -0.25) is 9.80 Å². The molecule has 1 atom stereocenters. The van der Waals surface area contributed by atoms with Crippen molar-refractivity contribution in [1.82, 2.24) is 9.80 Å². The molecule has 128 valence electrons. The first-order valence-electron chi connectivity index (χ1n) is 8.71. The van der Waals surface area contributed by atoms with Crippen LogP contribution in [0.25, 0.3) is 0 Å². The lowest BCUT2D eigenvalue weighted by Gasteiger charge is -2.44. The number of aliphatic hydroxyl groups excluding tert-OH is 1. The molecule has 0 spiro atoms. The van der Waals surface area contributed by atoms with Gasteiger partial charge in [-0.15, -0.1) is 0 Å². The van der Waals surface area contributed by atoms with Crippen LogP contribution in [0.1, 0.15) is 37.7 Å². The minimum Gasteiger partial charge on any atom is -0.396 e. The molecule has 1 aromatic carbocycles. The van der Waals surface area contributed by atoms with Crippen molar-refractivity contribution in [3.05, 3.63) is 35.4 Å². The molecule has 1 saturated heterocycles. The molecule has 0 radical (unpaired) electrons. The molecule has 1 saturated carbocycles. The van der Waals surface area contributed by atoms with Crippen molar-refractivity contribution in [2.24, 2.45) is 0 Å². The zero-order chi connectivity index (χ0) is 16.2. The third-order valence-corrected chi connectivity index (χ3v) is 5.31. The molecule has 5 heteroatoms. The van der Waals surface area contributed by atoms with Crippen LogP contribution in [0.3, 0.4) is 0 Å². The van der Waals surface area contributed by atoms with E-state index in [-0.39, 0.29) is 18.2 Å². The summed E-state index contributed by atoms with van der Waals surface area (Å²) < 4.78 is 27.7. The van der Waals surface area contributed by atoms with Crippen molar-refractivity contribution in [2.75, 3.05) is 26.2 Å². The smallest absolute Gasteiger partial charge is 0.130 e. The van der Waals surface area contributed by atoms with Gasteiger partial charge in [-0.25, -0.2) is 8.78 Å². The third-order valence-electron chi connectivity index (χ3n) is 5.31. The van der Waals surface area contributed by atoms with Crippen LogP contribution in [-0.2, 0) is 6.54 Å². The lowest BCUT2D eigenvalue weighted by molar-refractivity contribution is 0.0259. The Balaban J connectivity index is 1.66. The van der Waals surface area contributed by atoms with Gasteiger partial charge in [0.1, 0.15) is 11.6 Å². The lowest BCUT2D eigenvalue weighted by atomic mass is 10.0. The minimum absolute atomic E-state index is 0.157. The predicted octanol–water partition coefficient (Wildman–Crippen LogP) is 2.78. The quantitative estimate of drug-likeness (QED) is 0.902. The number of nitrogens with zero attached hydrogens (tertiary/aromatic N) is 2. The summed E-state index contributed by atoms with van der Waals surface area (Å²) in [7, 11) is 0. The van der Waals surface area contributed by atoms with Crippen molar-refractivity contribution < 1.29 is 13.9 Å². The monoisotopic (exact) mass is 324 g/mol. The summed E-state index contributed by atoms with van der Waals surface area (Å²) in [4.78, 5) is 4.64. The summed E-state index contributed by atoms with van der Waals surface area (Å²) in [6.07, 6.45) is 5.79. The van der Waals surface area contributed by atoms with Crippen molar-refractivity contribution in [3.8, 4) is 0 Å². The summed E-state index contributed by atoms with van der Waals surface area (Å²) >= 11 is 0. The minimum atomic E-state index is -0.470. The molecule has 1 aliphatic carbocycles. The molecular weight excluding hydrogens is 298 g/mol. The molecule has 0 bridgehead atoms. The number of piperazine rings is 1. The van der Waals surface area contributed by atoms with E-state index < -0.39 is 11.6 Å². The van der Waals surface area contributed by atoms with E-state index in [4.69, 9.17) is 0 Å². The summed E-state index contributed by atoms with van der Waals surface area (Å²) in [6.45, 7) is 2.98. The highest BCUT2D eigenvalue weighted by Gasteiger charge is 2.33. The van der Waals surface area contributed by atoms with E-state index in [1.807, 2.05) is 0 Å². The van der Waals surface area contributed by atoms with Crippen molar-refractivity contribution in [2.45, 2.75) is 50.7 Å². The van der Waals surface area contributed by atoms with Gasteiger partial charge < -0.3 is 5.11 Å². The van der Waals surface area contributed by atoms with Gasteiger partial charge in [0, 0.05) is 50.4 Å². The van der Waals surface area contributed by atoms with Crippen LogP contribution >= 0.6 is 0 Å². The second kappa shape index (κ2) is 7.69. The molecule has 23 heavy (non-hydrogen) atoms. The topological polar surface area (TPSA) is 26.7 Å². The number of hydrogen-bond acceptors (Lipinski definition) is 3. The zero-order valence-electron chi connectivity index (χ0n) is 13.6. The second-order valence-electron chi connectivity index (χ2n) is 6.78. The molecule has 0 unspecified atom stereocenters. The van der Waals surface area contributed by atoms with Crippen LogP contribution < -0.4 is 0 Å². The van der Waals surface area contributed by atoms with Gasteiger partial charge in [-0.1, -0.05) is 18.9 Å². The Labute approximate surface area is 136 Å². The fourth-order valence-electron chi connectivity index (χ4n) is 4.11. The highest BCUT2D eigenvalue weighted by Crippen LogP contribution is 2.28. The van der Waals surface area contributed by atoms with E-state index in [0.29, 0.717) is 12.6 Å². The number of benzene rings is 1. The van der Waals surface area contributed by atoms with Gasteiger partial charge in [0.2, 0.25) is 0 Å². The molecular formula is C18H26F2N2O. The normalized spacial score (nSPS) is 24.4. The Kier molecular flexibility index (Phi) is 5.62. The maximum Gasteiger partial charge on any atom is 0.130 e. The average Bonchev–Trinajstić information content (AvgIpc) is 3.06. The van der Waals surface area contributed by atoms with Gasteiger partial charge in [0.25, 0.3) is 0 Å². The number of halogens is 2. The van der Waals surface area contributed by atoms with E-state index >= 15 is 0 Å². The molecule has 0 amide bonds. The number of hydrogen-bond donors (Lipinski definition) is 1. The highest BCUT2D eigenvalue weighted by molar-refractivity contribution is 5.19. The van der Waals surface area contributed by atoms with Crippen LogP contribution in [0, 0.1) is 11.6 Å². The van der Waals surface area contributed by atoms with E-state index in [1.54, 1.807) is 0 Å². The highest BCUT2D eigenvalue weighted by atomic mass is 19.1. The van der Waals surface area contributed by atoms with Crippen molar-refractivity contribution in [1.29, 1.82) is 0 Å².